The van der Waals surface area contributed by atoms with Crippen LogP contribution < -0.4 is 10.0 Å². The number of imidazole rings is 1. The van der Waals surface area contributed by atoms with Gasteiger partial charge in [-0.25, -0.2) is 18.1 Å². The van der Waals surface area contributed by atoms with Gasteiger partial charge in [-0.3, -0.25) is 10.1 Å². The number of carbonyl (C=O) groups excluding carboxylic acids is 1. The number of hydrogen-bond acceptors (Lipinski definition) is 6. The second-order valence-corrected chi connectivity index (χ2v) is 10.3. The number of nitrogens with zero attached hydrogens (tertiary/aromatic N) is 2. The molecule has 0 spiro atoms. The van der Waals surface area contributed by atoms with Gasteiger partial charge in [0.1, 0.15) is 0 Å². The zero-order valence-corrected chi connectivity index (χ0v) is 20.4. The van der Waals surface area contributed by atoms with Crippen molar-refractivity contribution in [2.45, 2.75) is 31.3 Å². The van der Waals surface area contributed by atoms with Crippen LogP contribution >= 0.6 is 11.3 Å². The fraction of sp³-hybridized carbons (Fsp3) is 0.250. The molecule has 0 saturated carbocycles. The lowest BCUT2D eigenvalue weighted by Gasteiger charge is -2.11. The van der Waals surface area contributed by atoms with Gasteiger partial charge in [0.25, 0.3) is 5.91 Å². The molecule has 10 heteroatoms. The van der Waals surface area contributed by atoms with Crippen molar-refractivity contribution in [3.63, 3.8) is 0 Å². The summed E-state index contributed by atoms with van der Waals surface area (Å²) in [5.74, 6) is 0.0777. The molecule has 0 unspecified atom stereocenters. The van der Waals surface area contributed by atoms with E-state index < -0.39 is 10.0 Å². The van der Waals surface area contributed by atoms with E-state index in [4.69, 9.17) is 4.74 Å². The Balaban J connectivity index is 1.47. The van der Waals surface area contributed by atoms with Crippen molar-refractivity contribution >= 4 is 44.2 Å². The minimum absolute atomic E-state index is 0.101. The van der Waals surface area contributed by atoms with Crippen molar-refractivity contribution in [1.82, 2.24) is 14.3 Å². The molecule has 2 N–H and O–H groups in total. The maximum atomic E-state index is 12.9. The van der Waals surface area contributed by atoms with E-state index >= 15 is 0 Å². The highest BCUT2D eigenvalue weighted by Gasteiger charge is 2.17. The zero-order valence-electron chi connectivity index (χ0n) is 18.7. The Hall–Kier alpha value is -3.05. The Bertz CT molecular complexity index is 1350. The van der Waals surface area contributed by atoms with Gasteiger partial charge in [-0.05, 0) is 61.2 Å². The first-order valence-electron chi connectivity index (χ1n) is 10.9. The maximum Gasteiger partial charge on any atom is 0.257 e. The summed E-state index contributed by atoms with van der Waals surface area (Å²) in [4.78, 5) is 18.5. The largest absolute Gasteiger partial charge is 0.382 e. The van der Waals surface area contributed by atoms with E-state index in [0.29, 0.717) is 31.3 Å². The van der Waals surface area contributed by atoms with Crippen molar-refractivity contribution in [1.29, 1.82) is 0 Å². The molecule has 4 aromatic rings. The molecule has 0 aliphatic heterocycles. The van der Waals surface area contributed by atoms with Crippen LogP contribution in [0.1, 0.15) is 28.6 Å². The van der Waals surface area contributed by atoms with Crippen LogP contribution in [0.2, 0.25) is 0 Å². The summed E-state index contributed by atoms with van der Waals surface area (Å²) in [6.45, 7) is 4.09. The van der Waals surface area contributed by atoms with Gasteiger partial charge in [-0.15, -0.1) is 11.3 Å². The highest BCUT2D eigenvalue weighted by Crippen LogP contribution is 2.21. The monoisotopic (exact) mass is 498 g/mol. The fourth-order valence-corrected chi connectivity index (χ4v) is 5.23. The second kappa shape index (κ2) is 10.9. The van der Waals surface area contributed by atoms with E-state index in [1.807, 2.05) is 53.3 Å². The number of fused-ring (bicyclic) bond motifs is 1. The number of carbonyl (C=O) groups is 1. The van der Waals surface area contributed by atoms with Crippen molar-refractivity contribution in [2.75, 3.05) is 18.5 Å². The Kier molecular flexibility index (Phi) is 7.73. The standard InChI is InChI=1S/C24H26N4O4S2/c1-2-32-15-6-14-28-22-9-4-3-8-21(22)26-24(28)27-23(29)18-10-12-20(13-11-18)34(30,31)25-17-19-7-5-16-33-19/h3-5,7-13,16,25H,2,6,14-15,17H2,1H3,(H,26,27,29). The molecule has 0 saturated heterocycles. The Morgan fingerprint density at radius 2 is 1.88 bits per heavy atom. The number of sulfonamides is 1. The summed E-state index contributed by atoms with van der Waals surface area (Å²) in [7, 11) is -3.68. The number of thiophene rings is 1. The molecule has 4 rings (SSSR count). The average Bonchev–Trinajstić information content (AvgIpc) is 3.49. The Morgan fingerprint density at radius 1 is 1.09 bits per heavy atom. The molecule has 1 amide bonds. The molecular weight excluding hydrogens is 472 g/mol. The molecule has 34 heavy (non-hydrogen) atoms. The molecule has 0 aliphatic carbocycles. The summed E-state index contributed by atoms with van der Waals surface area (Å²) >= 11 is 1.48. The lowest BCUT2D eigenvalue weighted by atomic mass is 10.2. The van der Waals surface area contributed by atoms with Crippen molar-refractivity contribution in [2.24, 2.45) is 0 Å². The fourth-order valence-electron chi connectivity index (χ4n) is 3.49. The van der Waals surface area contributed by atoms with Gasteiger partial charge in [0.2, 0.25) is 16.0 Å². The molecule has 0 atom stereocenters. The zero-order chi connectivity index (χ0) is 24.0. The number of hydrogen-bond donors (Lipinski definition) is 2. The third kappa shape index (κ3) is 5.71. The van der Waals surface area contributed by atoms with E-state index in [1.165, 1.54) is 35.6 Å². The van der Waals surface area contributed by atoms with Gasteiger partial charge < -0.3 is 9.30 Å². The van der Waals surface area contributed by atoms with Crippen LogP contribution in [-0.4, -0.2) is 37.1 Å². The van der Waals surface area contributed by atoms with Crippen LogP contribution in [-0.2, 0) is 27.8 Å². The van der Waals surface area contributed by atoms with Crippen LogP contribution in [0.3, 0.4) is 0 Å². The van der Waals surface area contributed by atoms with Crippen LogP contribution in [0, 0.1) is 0 Å². The number of aryl methyl sites for hydroxylation is 1. The van der Waals surface area contributed by atoms with Gasteiger partial charge >= 0.3 is 0 Å². The van der Waals surface area contributed by atoms with E-state index in [1.54, 1.807) is 0 Å². The molecule has 8 nitrogen and oxygen atoms in total. The maximum absolute atomic E-state index is 12.9. The third-order valence-electron chi connectivity index (χ3n) is 5.20. The Morgan fingerprint density at radius 3 is 2.62 bits per heavy atom. The minimum atomic E-state index is -3.68. The SMILES string of the molecule is CCOCCCn1c(NC(=O)c2ccc(S(=O)(=O)NCc3cccs3)cc2)nc2ccccc21. The van der Waals surface area contributed by atoms with Crippen molar-refractivity contribution in [3.05, 3.63) is 76.5 Å². The van der Waals surface area contributed by atoms with Gasteiger partial charge in [0.15, 0.2) is 0 Å². The van der Waals surface area contributed by atoms with Crippen LogP contribution in [0.15, 0.2) is 70.9 Å². The number of benzene rings is 2. The topological polar surface area (TPSA) is 102 Å². The number of anilines is 1. The Labute approximate surface area is 202 Å². The molecule has 0 radical (unpaired) electrons. The molecular formula is C24H26N4O4S2. The third-order valence-corrected chi connectivity index (χ3v) is 7.49. The molecule has 2 aromatic carbocycles. The summed E-state index contributed by atoms with van der Waals surface area (Å²) in [6.07, 6.45) is 0.780. The summed E-state index contributed by atoms with van der Waals surface area (Å²) in [6, 6.07) is 17.3. The molecule has 2 heterocycles. The second-order valence-electron chi connectivity index (χ2n) is 7.51. The van der Waals surface area contributed by atoms with E-state index in [2.05, 4.69) is 15.0 Å². The van der Waals surface area contributed by atoms with E-state index in [-0.39, 0.29) is 17.3 Å². The van der Waals surface area contributed by atoms with E-state index in [9.17, 15) is 13.2 Å². The van der Waals surface area contributed by atoms with Crippen LogP contribution in [0.25, 0.3) is 11.0 Å². The molecule has 0 fully saturated rings. The van der Waals surface area contributed by atoms with Crippen molar-refractivity contribution in [3.8, 4) is 0 Å². The predicted octanol–water partition coefficient (Wildman–Crippen LogP) is 4.26. The van der Waals surface area contributed by atoms with Crippen LogP contribution in [0.5, 0.6) is 0 Å². The lowest BCUT2D eigenvalue weighted by Crippen LogP contribution is -2.23. The first-order chi connectivity index (χ1) is 16.5. The normalized spacial score (nSPS) is 11.7. The van der Waals surface area contributed by atoms with Gasteiger partial charge in [-0.1, -0.05) is 18.2 Å². The molecule has 0 aliphatic rings. The number of amides is 1. The first-order valence-corrected chi connectivity index (χ1v) is 13.3. The minimum Gasteiger partial charge on any atom is -0.382 e. The number of rotatable bonds is 11. The summed E-state index contributed by atoms with van der Waals surface area (Å²) in [5.41, 5.74) is 2.05. The lowest BCUT2D eigenvalue weighted by molar-refractivity contribution is 0.102. The number of ether oxygens (including phenoxy) is 1. The summed E-state index contributed by atoms with van der Waals surface area (Å²) in [5, 5.41) is 4.76. The van der Waals surface area contributed by atoms with E-state index in [0.717, 1.165) is 22.3 Å². The van der Waals surface area contributed by atoms with Crippen molar-refractivity contribution < 1.29 is 17.9 Å². The van der Waals surface area contributed by atoms with Gasteiger partial charge in [-0.2, -0.15) is 0 Å². The van der Waals surface area contributed by atoms with Gasteiger partial charge in [0, 0.05) is 36.7 Å². The quantitative estimate of drug-likeness (QED) is 0.301. The molecule has 0 bridgehead atoms. The number of nitrogens with one attached hydrogen (secondary N) is 2. The highest BCUT2D eigenvalue weighted by atomic mass is 32.2. The molecule has 2 aromatic heterocycles. The first kappa shape index (κ1) is 24.1. The highest BCUT2D eigenvalue weighted by molar-refractivity contribution is 7.89. The molecule has 178 valence electrons. The predicted molar refractivity (Wildman–Crippen MR) is 134 cm³/mol. The van der Waals surface area contributed by atoms with Crippen LogP contribution in [0.4, 0.5) is 5.95 Å². The number of para-hydroxylation sites is 2. The number of aromatic nitrogens is 2. The summed E-state index contributed by atoms with van der Waals surface area (Å²) < 4.78 is 35.1. The smallest absolute Gasteiger partial charge is 0.257 e. The average molecular weight is 499 g/mol. The van der Waals surface area contributed by atoms with Gasteiger partial charge in [0.05, 0.1) is 15.9 Å².